The Bertz CT molecular complexity index is 545. The van der Waals surface area contributed by atoms with Gasteiger partial charge in [-0.15, -0.1) is 0 Å². The molecule has 4 heteroatoms. The standard InChI is InChI=1S/C15H16ClNO2/c16-15-7-2-1-6-14(15)11(9-17)10-19-13-5-3-4-12(18)8-13/h1-8,11,18H,9-10,17H2. The molecule has 0 aliphatic carbocycles. The second-order valence-electron chi connectivity index (χ2n) is 4.26. The molecule has 2 aromatic carbocycles. The third-order valence-electron chi connectivity index (χ3n) is 2.90. The minimum Gasteiger partial charge on any atom is -0.508 e. The Morgan fingerprint density at radius 3 is 2.63 bits per heavy atom. The Labute approximate surface area is 117 Å². The van der Waals surface area contributed by atoms with Crippen molar-refractivity contribution in [2.24, 2.45) is 5.73 Å². The lowest BCUT2D eigenvalue weighted by molar-refractivity contribution is 0.289. The van der Waals surface area contributed by atoms with E-state index in [1.165, 1.54) is 0 Å². The van der Waals surface area contributed by atoms with Crippen LogP contribution in [-0.4, -0.2) is 18.3 Å². The maximum absolute atomic E-state index is 9.37. The van der Waals surface area contributed by atoms with E-state index in [0.717, 1.165) is 5.56 Å². The quantitative estimate of drug-likeness (QED) is 0.883. The Hall–Kier alpha value is -1.71. The number of hydrogen-bond acceptors (Lipinski definition) is 3. The molecule has 3 N–H and O–H groups in total. The van der Waals surface area contributed by atoms with Crippen molar-refractivity contribution in [3.05, 3.63) is 59.1 Å². The van der Waals surface area contributed by atoms with Crippen molar-refractivity contribution in [2.45, 2.75) is 5.92 Å². The van der Waals surface area contributed by atoms with Gasteiger partial charge in [0.05, 0.1) is 6.61 Å². The molecule has 0 aromatic heterocycles. The fourth-order valence-electron chi connectivity index (χ4n) is 1.86. The van der Waals surface area contributed by atoms with Crippen LogP contribution < -0.4 is 10.5 Å². The van der Waals surface area contributed by atoms with Gasteiger partial charge in [0.25, 0.3) is 0 Å². The number of benzene rings is 2. The van der Waals surface area contributed by atoms with Gasteiger partial charge in [0.1, 0.15) is 11.5 Å². The van der Waals surface area contributed by atoms with E-state index in [0.29, 0.717) is 23.9 Å². The summed E-state index contributed by atoms with van der Waals surface area (Å²) >= 11 is 6.15. The highest BCUT2D eigenvalue weighted by Gasteiger charge is 2.13. The molecule has 0 amide bonds. The molecule has 2 aromatic rings. The molecule has 19 heavy (non-hydrogen) atoms. The third kappa shape index (κ3) is 3.63. The maximum atomic E-state index is 9.37. The second kappa shape index (κ2) is 6.45. The Morgan fingerprint density at radius 1 is 1.16 bits per heavy atom. The molecule has 0 aliphatic rings. The van der Waals surface area contributed by atoms with Crippen LogP contribution in [0.3, 0.4) is 0 Å². The van der Waals surface area contributed by atoms with Gasteiger partial charge in [-0.3, -0.25) is 0 Å². The number of nitrogens with two attached hydrogens (primary N) is 1. The first-order valence-electron chi connectivity index (χ1n) is 6.07. The van der Waals surface area contributed by atoms with Crippen LogP contribution in [0.1, 0.15) is 11.5 Å². The number of hydrogen-bond donors (Lipinski definition) is 2. The molecule has 1 unspecified atom stereocenters. The minimum absolute atomic E-state index is 0.0241. The summed E-state index contributed by atoms with van der Waals surface area (Å²) in [6, 6.07) is 14.3. The van der Waals surface area contributed by atoms with Crippen molar-refractivity contribution in [3.63, 3.8) is 0 Å². The maximum Gasteiger partial charge on any atom is 0.123 e. The van der Waals surface area contributed by atoms with Crippen molar-refractivity contribution in [1.29, 1.82) is 0 Å². The molecule has 2 rings (SSSR count). The summed E-state index contributed by atoms with van der Waals surface area (Å²) in [6.45, 7) is 0.867. The van der Waals surface area contributed by atoms with Gasteiger partial charge in [-0.2, -0.15) is 0 Å². The number of ether oxygens (including phenoxy) is 1. The SMILES string of the molecule is NCC(COc1cccc(O)c1)c1ccccc1Cl. The molecular weight excluding hydrogens is 262 g/mol. The number of phenolic OH excluding ortho intramolecular Hbond substituents is 1. The van der Waals surface area contributed by atoms with Crippen LogP contribution in [0.25, 0.3) is 0 Å². The van der Waals surface area contributed by atoms with E-state index in [1.54, 1.807) is 24.3 Å². The molecule has 1 atom stereocenters. The van der Waals surface area contributed by atoms with Crippen LogP contribution in [0.15, 0.2) is 48.5 Å². The van der Waals surface area contributed by atoms with Crippen molar-refractivity contribution in [1.82, 2.24) is 0 Å². The van der Waals surface area contributed by atoms with Gasteiger partial charge < -0.3 is 15.6 Å². The lowest BCUT2D eigenvalue weighted by atomic mass is 10.0. The monoisotopic (exact) mass is 277 g/mol. The van der Waals surface area contributed by atoms with Gasteiger partial charge in [0.15, 0.2) is 0 Å². The largest absolute Gasteiger partial charge is 0.508 e. The number of halogens is 1. The van der Waals surface area contributed by atoms with E-state index >= 15 is 0 Å². The highest BCUT2D eigenvalue weighted by molar-refractivity contribution is 6.31. The van der Waals surface area contributed by atoms with Gasteiger partial charge in [-0.05, 0) is 23.8 Å². The topological polar surface area (TPSA) is 55.5 Å². The summed E-state index contributed by atoms with van der Waals surface area (Å²) in [5.74, 6) is 0.820. The molecular formula is C15H16ClNO2. The zero-order valence-electron chi connectivity index (χ0n) is 10.4. The van der Waals surface area contributed by atoms with Crippen LogP contribution in [0.2, 0.25) is 5.02 Å². The first-order valence-corrected chi connectivity index (χ1v) is 6.45. The predicted molar refractivity (Wildman–Crippen MR) is 76.8 cm³/mol. The Balaban J connectivity index is 2.06. The molecule has 0 radical (unpaired) electrons. The highest BCUT2D eigenvalue weighted by atomic mass is 35.5. The van der Waals surface area contributed by atoms with Gasteiger partial charge in [0, 0.05) is 23.6 Å². The summed E-state index contributed by atoms with van der Waals surface area (Å²) in [6.07, 6.45) is 0. The lowest BCUT2D eigenvalue weighted by Gasteiger charge is -2.17. The molecule has 0 aliphatic heterocycles. The zero-order chi connectivity index (χ0) is 13.7. The van der Waals surface area contributed by atoms with Crippen LogP contribution in [0.5, 0.6) is 11.5 Å². The van der Waals surface area contributed by atoms with Gasteiger partial charge >= 0.3 is 0 Å². The first kappa shape index (κ1) is 13.7. The smallest absolute Gasteiger partial charge is 0.123 e. The summed E-state index contributed by atoms with van der Waals surface area (Å²) in [5.41, 5.74) is 6.76. The average Bonchev–Trinajstić information content (AvgIpc) is 2.41. The second-order valence-corrected chi connectivity index (χ2v) is 4.67. The minimum atomic E-state index is 0.0241. The Kier molecular flexibility index (Phi) is 4.66. The van der Waals surface area contributed by atoms with Crippen LogP contribution in [0, 0.1) is 0 Å². The molecule has 0 heterocycles. The normalized spacial score (nSPS) is 12.1. The predicted octanol–water partition coefficient (Wildman–Crippen LogP) is 3.17. The van der Waals surface area contributed by atoms with E-state index in [2.05, 4.69) is 0 Å². The van der Waals surface area contributed by atoms with Crippen molar-refractivity contribution in [2.75, 3.05) is 13.2 Å². The number of phenols is 1. The summed E-state index contributed by atoms with van der Waals surface area (Å²) in [4.78, 5) is 0. The fourth-order valence-corrected chi connectivity index (χ4v) is 2.15. The summed E-state index contributed by atoms with van der Waals surface area (Å²) < 4.78 is 5.65. The Morgan fingerprint density at radius 2 is 1.95 bits per heavy atom. The number of aromatic hydroxyl groups is 1. The fraction of sp³-hybridized carbons (Fsp3) is 0.200. The van der Waals surface area contributed by atoms with Crippen LogP contribution >= 0.6 is 11.6 Å². The van der Waals surface area contributed by atoms with Gasteiger partial charge in [-0.25, -0.2) is 0 Å². The number of rotatable bonds is 5. The molecule has 0 fully saturated rings. The molecule has 100 valence electrons. The van der Waals surface area contributed by atoms with E-state index in [-0.39, 0.29) is 11.7 Å². The molecule has 0 saturated heterocycles. The van der Waals surface area contributed by atoms with E-state index in [1.807, 2.05) is 24.3 Å². The van der Waals surface area contributed by atoms with E-state index in [9.17, 15) is 5.11 Å². The molecule has 3 nitrogen and oxygen atoms in total. The third-order valence-corrected chi connectivity index (χ3v) is 3.24. The van der Waals surface area contributed by atoms with E-state index < -0.39 is 0 Å². The van der Waals surface area contributed by atoms with Gasteiger partial charge in [0.2, 0.25) is 0 Å². The summed E-state index contributed by atoms with van der Waals surface area (Å²) in [5, 5.41) is 10.1. The highest BCUT2D eigenvalue weighted by Crippen LogP contribution is 2.25. The van der Waals surface area contributed by atoms with Crippen molar-refractivity contribution < 1.29 is 9.84 Å². The van der Waals surface area contributed by atoms with Crippen LogP contribution in [-0.2, 0) is 0 Å². The molecule has 0 bridgehead atoms. The van der Waals surface area contributed by atoms with E-state index in [4.69, 9.17) is 22.1 Å². The zero-order valence-corrected chi connectivity index (χ0v) is 11.2. The molecule has 0 spiro atoms. The van der Waals surface area contributed by atoms with Crippen molar-refractivity contribution >= 4 is 11.6 Å². The molecule has 0 saturated carbocycles. The van der Waals surface area contributed by atoms with Crippen LogP contribution in [0.4, 0.5) is 0 Å². The van der Waals surface area contributed by atoms with Crippen molar-refractivity contribution in [3.8, 4) is 11.5 Å². The average molecular weight is 278 g/mol. The van der Waals surface area contributed by atoms with Gasteiger partial charge in [-0.1, -0.05) is 35.9 Å². The summed E-state index contributed by atoms with van der Waals surface area (Å²) in [7, 11) is 0. The lowest BCUT2D eigenvalue weighted by Crippen LogP contribution is -2.20. The first-order chi connectivity index (χ1) is 9.20.